The molecular weight excluding hydrogens is 352 g/mol. The van der Waals surface area contributed by atoms with Gasteiger partial charge in [-0.2, -0.15) is 0 Å². The second-order valence-electron chi connectivity index (χ2n) is 8.02. The van der Waals surface area contributed by atoms with E-state index >= 15 is 0 Å². The minimum atomic E-state index is 0.173. The van der Waals surface area contributed by atoms with E-state index in [-0.39, 0.29) is 23.0 Å². The Hall–Kier alpha value is -2.88. The Morgan fingerprint density at radius 3 is 0.821 bits per heavy atom. The molecule has 4 heteroatoms. The Labute approximate surface area is 166 Å². The Kier molecular flexibility index (Phi) is 4.92. The summed E-state index contributed by atoms with van der Waals surface area (Å²) in [6.45, 7) is 15.4. The van der Waals surface area contributed by atoms with Crippen molar-refractivity contribution in [3.63, 3.8) is 0 Å². The number of allylic oxidation sites excluding steroid dienone is 2. The highest BCUT2D eigenvalue weighted by molar-refractivity contribution is 5.62. The van der Waals surface area contributed by atoms with E-state index in [4.69, 9.17) is 0 Å². The summed E-state index contributed by atoms with van der Waals surface area (Å²) in [5, 5.41) is 42.9. The fourth-order valence-corrected chi connectivity index (χ4v) is 4.07. The van der Waals surface area contributed by atoms with Crippen LogP contribution in [-0.2, 0) is 25.7 Å². The first-order chi connectivity index (χ1) is 13.0. The molecule has 0 saturated heterocycles. The lowest BCUT2D eigenvalue weighted by molar-refractivity contribution is 0.439. The predicted molar refractivity (Wildman–Crippen MR) is 112 cm³/mol. The van der Waals surface area contributed by atoms with Gasteiger partial charge in [0.05, 0.1) is 0 Å². The van der Waals surface area contributed by atoms with Crippen LogP contribution in [0.4, 0.5) is 0 Å². The fourth-order valence-electron chi connectivity index (χ4n) is 4.07. The molecule has 0 spiro atoms. The Balaban J connectivity index is 2.22. The molecule has 148 valence electrons. The van der Waals surface area contributed by atoms with Gasteiger partial charge in [0.15, 0.2) is 0 Å². The van der Waals surface area contributed by atoms with Crippen LogP contribution in [-0.4, -0.2) is 20.4 Å². The van der Waals surface area contributed by atoms with Crippen molar-refractivity contribution in [1.82, 2.24) is 0 Å². The van der Waals surface area contributed by atoms with Crippen molar-refractivity contribution >= 4 is 0 Å². The zero-order chi connectivity index (χ0) is 20.9. The second kappa shape index (κ2) is 6.93. The first kappa shape index (κ1) is 19.9. The van der Waals surface area contributed by atoms with Crippen LogP contribution >= 0.6 is 0 Å². The molecule has 0 unspecified atom stereocenters. The van der Waals surface area contributed by atoms with E-state index in [1.54, 1.807) is 27.7 Å². The molecule has 0 aliphatic heterocycles. The maximum absolute atomic E-state index is 10.7. The standard InChI is InChI=1S/C24H28O4/c1-11-7-17-19(23(27)15(5)13(3)21(17)25)9-12(2)10-20-18(8-11)22(26)14(4)16(6)24(20)28/h25-28H,1-2,7-10H2,3-6H3. The average molecular weight is 380 g/mol. The number of hydrogen-bond donors (Lipinski definition) is 4. The summed E-state index contributed by atoms with van der Waals surface area (Å²) < 4.78 is 0. The molecule has 3 rings (SSSR count). The van der Waals surface area contributed by atoms with Crippen LogP contribution < -0.4 is 0 Å². The van der Waals surface area contributed by atoms with E-state index in [0.29, 0.717) is 70.2 Å². The summed E-state index contributed by atoms with van der Waals surface area (Å²) in [6.07, 6.45) is 1.48. The van der Waals surface area contributed by atoms with Crippen molar-refractivity contribution in [2.75, 3.05) is 0 Å². The molecule has 2 aromatic carbocycles. The summed E-state index contributed by atoms with van der Waals surface area (Å²) in [6, 6.07) is 0. The maximum Gasteiger partial charge on any atom is 0.122 e. The smallest absolute Gasteiger partial charge is 0.122 e. The molecule has 0 radical (unpaired) electrons. The third-order valence-electron chi connectivity index (χ3n) is 6.12. The minimum absolute atomic E-state index is 0.173. The van der Waals surface area contributed by atoms with Gasteiger partial charge in [-0.3, -0.25) is 0 Å². The molecule has 4 N–H and O–H groups in total. The van der Waals surface area contributed by atoms with Crippen LogP contribution in [0.2, 0.25) is 0 Å². The molecule has 2 aromatic rings. The van der Waals surface area contributed by atoms with Crippen LogP contribution in [0.5, 0.6) is 23.0 Å². The van der Waals surface area contributed by atoms with Crippen molar-refractivity contribution in [3.05, 3.63) is 68.8 Å². The highest BCUT2D eigenvalue weighted by Crippen LogP contribution is 2.43. The molecule has 28 heavy (non-hydrogen) atoms. The van der Waals surface area contributed by atoms with Gasteiger partial charge in [-0.05, 0) is 75.6 Å². The van der Waals surface area contributed by atoms with E-state index in [9.17, 15) is 20.4 Å². The molecule has 1 aliphatic carbocycles. The van der Waals surface area contributed by atoms with Crippen LogP contribution in [0.3, 0.4) is 0 Å². The van der Waals surface area contributed by atoms with E-state index in [1.165, 1.54) is 0 Å². The molecule has 0 atom stereocenters. The molecule has 0 aromatic heterocycles. The number of phenols is 4. The van der Waals surface area contributed by atoms with Gasteiger partial charge in [0.25, 0.3) is 0 Å². The van der Waals surface area contributed by atoms with Crippen molar-refractivity contribution in [3.8, 4) is 23.0 Å². The molecule has 0 bridgehead atoms. The normalized spacial score (nSPS) is 14.6. The van der Waals surface area contributed by atoms with Gasteiger partial charge < -0.3 is 20.4 Å². The van der Waals surface area contributed by atoms with Gasteiger partial charge in [0.1, 0.15) is 23.0 Å². The second-order valence-corrected chi connectivity index (χ2v) is 8.02. The molecule has 1 aliphatic rings. The van der Waals surface area contributed by atoms with Crippen molar-refractivity contribution in [1.29, 1.82) is 0 Å². The number of phenolic OH excluding ortho intramolecular Hbond substituents is 4. The van der Waals surface area contributed by atoms with Gasteiger partial charge in [-0.25, -0.2) is 0 Å². The van der Waals surface area contributed by atoms with E-state index < -0.39 is 0 Å². The van der Waals surface area contributed by atoms with E-state index in [1.807, 2.05) is 0 Å². The maximum atomic E-state index is 10.7. The highest BCUT2D eigenvalue weighted by Gasteiger charge is 2.25. The van der Waals surface area contributed by atoms with Gasteiger partial charge in [-0.1, -0.05) is 24.3 Å². The van der Waals surface area contributed by atoms with Gasteiger partial charge in [0, 0.05) is 22.3 Å². The average Bonchev–Trinajstić information content (AvgIpc) is 2.66. The summed E-state index contributed by atoms with van der Waals surface area (Å²) in [4.78, 5) is 0. The lowest BCUT2D eigenvalue weighted by Crippen LogP contribution is -2.10. The molecule has 0 heterocycles. The van der Waals surface area contributed by atoms with Crippen molar-refractivity contribution < 1.29 is 20.4 Å². The van der Waals surface area contributed by atoms with Crippen LogP contribution in [0.15, 0.2) is 24.3 Å². The van der Waals surface area contributed by atoms with E-state index in [0.717, 1.165) is 11.1 Å². The first-order valence-corrected chi connectivity index (χ1v) is 9.43. The number of rotatable bonds is 0. The fraction of sp³-hybridized carbons (Fsp3) is 0.333. The van der Waals surface area contributed by atoms with E-state index in [2.05, 4.69) is 13.2 Å². The summed E-state index contributed by atoms with van der Waals surface area (Å²) >= 11 is 0. The Morgan fingerprint density at radius 2 is 0.643 bits per heavy atom. The van der Waals surface area contributed by atoms with Gasteiger partial charge in [-0.15, -0.1) is 0 Å². The molecule has 0 amide bonds. The minimum Gasteiger partial charge on any atom is -0.507 e. The number of fused-ring (bicyclic) bond motifs is 2. The topological polar surface area (TPSA) is 80.9 Å². The van der Waals surface area contributed by atoms with Gasteiger partial charge in [0.2, 0.25) is 0 Å². The van der Waals surface area contributed by atoms with Crippen LogP contribution in [0, 0.1) is 27.7 Å². The van der Waals surface area contributed by atoms with Gasteiger partial charge >= 0.3 is 0 Å². The summed E-state index contributed by atoms with van der Waals surface area (Å²) in [7, 11) is 0. The SMILES string of the molecule is C=C1Cc2c(O)c(C)c(C)c(O)c2CC(=C)Cc2c(O)c(C)c(C)c(O)c2C1. The molecular formula is C24H28O4. The third-order valence-corrected chi connectivity index (χ3v) is 6.12. The predicted octanol–water partition coefficient (Wildman–Crippen LogP) is 4.74. The summed E-state index contributed by atoms with van der Waals surface area (Å²) in [5.74, 6) is 0.693. The zero-order valence-corrected chi connectivity index (χ0v) is 17.0. The Bertz CT molecular complexity index is 867. The number of aromatic hydroxyl groups is 4. The first-order valence-electron chi connectivity index (χ1n) is 9.43. The molecule has 0 saturated carbocycles. The Morgan fingerprint density at radius 1 is 0.464 bits per heavy atom. The monoisotopic (exact) mass is 380 g/mol. The highest BCUT2D eigenvalue weighted by atomic mass is 16.3. The number of benzene rings is 2. The quantitative estimate of drug-likeness (QED) is 0.393. The number of hydrogen-bond acceptors (Lipinski definition) is 4. The zero-order valence-electron chi connectivity index (χ0n) is 17.0. The van der Waals surface area contributed by atoms with Crippen molar-refractivity contribution in [2.45, 2.75) is 53.4 Å². The van der Waals surface area contributed by atoms with Crippen LogP contribution in [0.25, 0.3) is 0 Å². The summed E-state index contributed by atoms with van der Waals surface area (Å²) in [5.41, 5.74) is 6.80. The lowest BCUT2D eigenvalue weighted by atomic mass is 9.82. The van der Waals surface area contributed by atoms with Crippen LogP contribution in [0.1, 0.15) is 44.5 Å². The lowest BCUT2D eigenvalue weighted by Gasteiger charge is -2.24. The largest absolute Gasteiger partial charge is 0.507 e. The molecule has 4 nitrogen and oxygen atoms in total. The third kappa shape index (κ3) is 3.03. The molecule has 0 fully saturated rings. The van der Waals surface area contributed by atoms with Crippen molar-refractivity contribution in [2.24, 2.45) is 0 Å².